The van der Waals surface area contributed by atoms with Gasteiger partial charge in [-0.05, 0) is 12.5 Å². The van der Waals surface area contributed by atoms with Gasteiger partial charge in [-0.15, -0.1) is 0 Å². The van der Waals surface area contributed by atoms with Gasteiger partial charge in [0.05, 0.1) is 0 Å². The smallest absolute Gasteiger partial charge is 0.185 e. The van der Waals surface area contributed by atoms with Gasteiger partial charge in [-0.25, -0.2) is 9.67 Å². The fourth-order valence-electron chi connectivity index (χ4n) is 1.13. The first-order valence-electron chi connectivity index (χ1n) is 5.29. The molecule has 0 saturated heterocycles. The lowest BCUT2D eigenvalue weighted by atomic mass is 10.2. The average Bonchev–Trinajstić information content (AvgIpc) is 2.58. The lowest BCUT2D eigenvalue weighted by Gasteiger charge is -2.13. The number of aromatic nitrogens is 3. The summed E-state index contributed by atoms with van der Waals surface area (Å²) in [6.07, 6.45) is 1.60. The predicted octanol–water partition coefficient (Wildman–Crippen LogP) is 1.54. The van der Waals surface area contributed by atoms with E-state index in [0.717, 1.165) is 17.5 Å². The van der Waals surface area contributed by atoms with E-state index in [9.17, 15) is 0 Å². The molecule has 1 aromatic rings. The second kappa shape index (κ2) is 6.12. The van der Waals surface area contributed by atoms with Crippen molar-refractivity contribution in [1.29, 1.82) is 0 Å². The molecule has 1 rings (SSSR count). The van der Waals surface area contributed by atoms with Crippen molar-refractivity contribution in [2.45, 2.75) is 32.0 Å². The molecule has 1 N–H and O–H groups in total. The molecule has 0 spiro atoms. The molecule has 4 nitrogen and oxygen atoms in total. The van der Waals surface area contributed by atoms with Crippen molar-refractivity contribution in [3.63, 3.8) is 0 Å². The SMILES string of the molecule is CC(CNC(C)C)CSc1ncnn1C. The largest absolute Gasteiger partial charge is 0.314 e. The van der Waals surface area contributed by atoms with E-state index in [2.05, 4.69) is 36.2 Å². The van der Waals surface area contributed by atoms with Crippen LogP contribution in [0, 0.1) is 5.92 Å². The molecule has 5 heteroatoms. The van der Waals surface area contributed by atoms with Crippen LogP contribution < -0.4 is 5.32 Å². The summed E-state index contributed by atoms with van der Waals surface area (Å²) < 4.78 is 1.81. The third-order valence-electron chi connectivity index (χ3n) is 2.04. The highest BCUT2D eigenvalue weighted by Gasteiger charge is 2.06. The highest BCUT2D eigenvalue weighted by Crippen LogP contribution is 2.16. The third kappa shape index (κ3) is 4.66. The predicted molar refractivity (Wildman–Crippen MR) is 64.0 cm³/mol. The second-order valence-electron chi connectivity index (χ2n) is 4.15. The maximum Gasteiger partial charge on any atom is 0.185 e. The summed E-state index contributed by atoms with van der Waals surface area (Å²) in [7, 11) is 1.92. The van der Waals surface area contributed by atoms with Crippen LogP contribution >= 0.6 is 11.8 Å². The standard InChI is InChI=1S/C10H20N4S/c1-8(2)11-5-9(3)6-15-10-12-7-13-14(10)4/h7-9,11H,5-6H2,1-4H3. The van der Waals surface area contributed by atoms with Gasteiger partial charge in [0.15, 0.2) is 5.16 Å². The van der Waals surface area contributed by atoms with E-state index in [1.54, 1.807) is 18.1 Å². The van der Waals surface area contributed by atoms with Gasteiger partial charge in [0.1, 0.15) is 6.33 Å². The summed E-state index contributed by atoms with van der Waals surface area (Å²) in [6.45, 7) is 7.65. The van der Waals surface area contributed by atoms with E-state index < -0.39 is 0 Å². The minimum absolute atomic E-state index is 0.562. The molecule has 15 heavy (non-hydrogen) atoms. The lowest BCUT2D eigenvalue weighted by Crippen LogP contribution is -2.28. The Kier molecular flexibility index (Phi) is 5.11. The highest BCUT2D eigenvalue weighted by atomic mass is 32.2. The lowest BCUT2D eigenvalue weighted by molar-refractivity contribution is 0.509. The highest BCUT2D eigenvalue weighted by molar-refractivity contribution is 7.99. The zero-order valence-electron chi connectivity index (χ0n) is 9.90. The summed E-state index contributed by atoms with van der Waals surface area (Å²) in [5.74, 6) is 1.72. The number of nitrogens with one attached hydrogen (secondary N) is 1. The van der Waals surface area contributed by atoms with Gasteiger partial charge in [-0.2, -0.15) is 5.10 Å². The molecule has 0 radical (unpaired) electrons. The first-order chi connectivity index (χ1) is 7.09. The molecule has 1 atom stereocenters. The first-order valence-corrected chi connectivity index (χ1v) is 6.28. The molecule has 1 heterocycles. The molecule has 0 saturated carbocycles. The van der Waals surface area contributed by atoms with Gasteiger partial charge < -0.3 is 5.32 Å². The van der Waals surface area contributed by atoms with Crippen LogP contribution in [0.3, 0.4) is 0 Å². The molecule has 86 valence electrons. The van der Waals surface area contributed by atoms with E-state index in [1.807, 2.05) is 11.7 Å². The summed E-state index contributed by atoms with van der Waals surface area (Å²) in [4.78, 5) is 4.18. The van der Waals surface area contributed by atoms with Crippen molar-refractivity contribution in [3.05, 3.63) is 6.33 Å². The molecule has 1 aromatic heterocycles. The van der Waals surface area contributed by atoms with Crippen molar-refractivity contribution in [2.75, 3.05) is 12.3 Å². The number of hydrogen-bond acceptors (Lipinski definition) is 4. The Morgan fingerprint density at radius 1 is 1.47 bits per heavy atom. The minimum Gasteiger partial charge on any atom is -0.314 e. The summed E-state index contributed by atoms with van der Waals surface area (Å²) in [5, 5.41) is 8.46. The minimum atomic E-state index is 0.562. The number of nitrogens with zero attached hydrogens (tertiary/aromatic N) is 3. The Labute approximate surface area is 95.9 Å². The second-order valence-corrected chi connectivity index (χ2v) is 5.13. The Hall–Kier alpha value is -0.550. The Morgan fingerprint density at radius 2 is 2.20 bits per heavy atom. The van der Waals surface area contributed by atoms with E-state index in [0.29, 0.717) is 12.0 Å². The van der Waals surface area contributed by atoms with E-state index >= 15 is 0 Å². The van der Waals surface area contributed by atoms with Crippen molar-refractivity contribution < 1.29 is 0 Å². The van der Waals surface area contributed by atoms with Crippen LogP contribution in [-0.2, 0) is 7.05 Å². The first kappa shape index (κ1) is 12.5. The molecular formula is C10H20N4S. The average molecular weight is 228 g/mol. The third-order valence-corrected chi connectivity index (χ3v) is 3.40. The van der Waals surface area contributed by atoms with Crippen LogP contribution in [0.2, 0.25) is 0 Å². The zero-order valence-corrected chi connectivity index (χ0v) is 10.7. The van der Waals surface area contributed by atoms with Crippen LogP contribution in [-0.4, -0.2) is 33.1 Å². The molecule has 1 unspecified atom stereocenters. The Bertz CT molecular complexity index is 285. The molecule has 0 aliphatic heterocycles. The number of rotatable bonds is 6. The van der Waals surface area contributed by atoms with E-state index in [-0.39, 0.29) is 0 Å². The molecule has 0 bridgehead atoms. The zero-order chi connectivity index (χ0) is 11.3. The Morgan fingerprint density at radius 3 is 2.73 bits per heavy atom. The van der Waals surface area contributed by atoms with Gasteiger partial charge >= 0.3 is 0 Å². The molecule has 0 aromatic carbocycles. The molecule has 0 fully saturated rings. The summed E-state index contributed by atoms with van der Waals surface area (Å²) in [6, 6.07) is 0.562. The molecular weight excluding hydrogens is 208 g/mol. The van der Waals surface area contributed by atoms with E-state index in [1.165, 1.54) is 0 Å². The van der Waals surface area contributed by atoms with Crippen molar-refractivity contribution in [3.8, 4) is 0 Å². The van der Waals surface area contributed by atoms with E-state index in [4.69, 9.17) is 0 Å². The van der Waals surface area contributed by atoms with Crippen LogP contribution in [0.15, 0.2) is 11.5 Å². The fraction of sp³-hybridized carbons (Fsp3) is 0.800. The van der Waals surface area contributed by atoms with Gasteiger partial charge in [0.2, 0.25) is 0 Å². The topological polar surface area (TPSA) is 42.7 Å². The normalized spacial score (nSPS) is 13.4. The van der Waals surface area contributed by atoms with Gasteiger partial charge in [-0.3, -0.25) is 0 Å². The van der Waals surface area contributed by atoms with Crippen molar-refractivity contribution in [1.82, 2.24) is 20.1 Å². The molecule has 0 aliphatic carbocycles. The summed E-state index contributed by atoms with van der Waals surface area (Å²) in [5.41, 5.74) is 0. The number of aryl methyl sites for hydroxylation is 1. The molecule has 0 aliphatic rings. The number of thioether (sulfide) groups is 1. The Balaban J connectivity index is 2.22. The van der Waals surface area contributed by atoms with Crippen LogP contribution in [0.1, 0.15) is 20.8 Å². The monoisotopic (exact) mass is 228 g/mol. The fourth-order valence-corrected chi connectivity index (χ4v) is 2.04. The van der Waals surface area contributed by atoms with Gasteiger partial charge in [-0.1, -0.05) is 32.5 Å². The maximum atomic E-state index is 4.18. The maximum absolute atomic E-state index is 4.18. The van der Waals surface area contributed by atoms with Gasteiger partial charge in [0, 0.05) is 18.8 Å². The summed E-state index contributed by atoms with van der Waals surface area (Å²) >= 11 is 1.76. The quantitative estimate of drug-likeness (QED) is 0.750. The molecule has 0 amide bonds. The van der Waals surface area contributed by atoms with Crippen molar-refractivity contribution >= 4 is 11.8 Å². The van der Waals surface area contributed by atoms with Crippen molar-refractivity contribution in [2.24, 2.45) is 13.0 Å². The van der Waals surface area contributed by atoms with Gasteiger partial charge in [0.25, 0.3) is 0 Å². The number of hydrogen-bond donors (Lipinski definition) is 1. The van der Waals surface area contributed by atoms with Crippen LogP contribution in [0.25, 0.3) is 0 Å². The van der Waals surface area contributed by atoms with Crippen LogP contribution in [0.4, 0.5) is 0 Å². The van der Waals surface area contributed by atoms with Crippen LogP contribution in [0.5, 0.6) is 0 Å².